The van der Waals surface area contributed by atoms with Gasteiger partial charge < -0.3 is 5.32 Å². The van der Waals surface area contributed by atoms with E-state index in [1.807, 2.05) is 0 Å². The molecule has 18 heavy (non-hydrogen) atoms. The molecule has 2 aliphatic rings. The Morgan fingerprint density at radius 2 is 1.83 bits per heavy atom. The molecule has 1 fully saturated rings. The van der Waals surface area contributed by atoms with E-state index in [9.17, 15) is 0 Å². The van der Waals surface area contributed by atoms with E-state index in [4.69, 9.17) is 0 Å². The highest BCUT2D eigenvalue weighted by molar-refractivity contribution is 5.10. The van der Waals surface area contributed by atoms with Crippen molar-refractivity contribution in [1.29, 1.82) is 0 Å². The predicted molar refractivity (Wildman–Crippen MR) is 78.7 cm³/mol. The van der Waals surface area contributed by atoms with Crippen LogP contribution in [0, 0.1) is 17.8 Å². The zero-order valence-electron chi connectivity index (χ0n) is 12.5. The zero-order valence-corrected chi connectivity index (χ0v) is 12.5. The molecule has 2 heteroatoms. The van der Waals surface area contributed by atoms with Crippen LogP contribution in [-0.4, -0.2) is 36.6 Å². The van der Waals surface area contributed by atoms with E-state index < -0.39 is 0 Å². The van der Waals surface area contributed by atoms with Crippen LogP contribution in [0.5, 0.6) is 0 Å². The Kier molecular flexibility index (Phi) is 4.85. The third kappa shape index (κ3) is 3.36. The van der Waals surface area contributed by atoms with Gasteiger partial charge in [0.1, 0.15) is 0 Å². The first kappa shape index (κ1) is 14.1. The Morgan fingerprint density at radius 1 is 1.11 bits per heavy atom. The fourth-order valence-electron chi connectivity index (χ4n) is 3.74. The van der Waals surface area contributed by atoms with Gasteiger partial charge in [0.05, 0.1) is 0 Å². The molecule has 2 bridgehead atoms. The van der Waals surface area contributed by atoms with Gasteiger partial charge in [0, 0.05) is 25.2 Å². The summed E-state index contributed by atoms with van der Waals surface area (Å²) in [6.45, 7) is 12.7. The van der Waals surface area contributed by atoms with E-state index >= 15 is 0 Å². The molecule has 0 heterocycles. The molecule has 3 unspecified atom stereocenters. The maximum absolute atomic E-state index is 3.68. The topological polar surface area (TPSA) is 15.3 Å². The van der Waals surface area contributed by atoms with E-state index in [0.29, 0.717) is 12.1 Å². The fraction of sp³-hybridized carbons (Fsp3) is 0.875. The predicted octanol–water partition coefficient (Wildman–Crippen LogP) is 2.91. The first-order valence-corrected chi connectivity index (χ1v) is 7.72. The second-order valence-electron chi connectivity index (χ2n) is 6.67. The molecule has 2 rings (SSSR count). The van der Waals surface area contributed by atoms with Gasteiger partial charge in [-0.25, -0.2) is 0 Å². The third-order valence-electron chi connectivity index (χ3n) is 4.70. The minimum atomic E-state index is 0.650. The number of rotatable bonds is 7. The first-order chi connectivity index (χ1) is 8.58. The lowest BCUT2D eigenvalue weighted by atomic mass is 9.94. The lowest BCUT2D eigenvalue weighted by molar-refractivity contribution is 0.174. The lowest BCUT2D eigenvalue weighted by Gasteiger charge is -2.30. The Bertz CT molecular complexity index is 275. The highest BCUT2D eigenvalue weighted by Gasteiger charge is 2.34. The van der Waals surface area contributed by atoms with Gasteiger partial charge in [0.15, 0.2) is 0 Å². The van der Waals surface area contributed by atoms with Crippen molar-refractivity contribution >= 4 is 0 Å². The van der Waals surface area contributed by atoms with E-state index in [2.05, 4.69) is 50.1 Å². The largest absolute Gasteiger partial charge is 0.315 e. The van der Waals surface area contributed by atoms with Gasteiger partial charge in [-0.2, -0.15) is 0 Å². The molecule has 1 saturated carbocycles. The Balaban J connectivity index is 1.62. The summed E-state index contributed by atoms with van der Waals surface area (Å²) < 4.78 is 0. The smallest absolute Gasteiger partial charge is 0.0112 e. The normalized spacial score (nSPS) is 30.3. The standard InChI is InChI=1S/C16H30N2/c1-12(2)18(13(3)4)8-7-17-11-16-10-14-5-6-15(16)9-14/h5-6,12-17H,7-11H2,1-4H3. The molecule has 104 valence electrons. The maximum atomic E-state index is 3.68. The van der Waals surface area contributed by atoms with Crippen molar-refractivity contribution in [2.24, 2.45) is 17.8 Å². The van der Waals surface area contributed by atoms with E-state index in [1.165, 1.54) is 25.9 Å². The zero-order chi connectivity index (χ0) is 13.1. The number of hydrogen-bond donors (Lipinski definition) is 1. The van der Waals surface area contributed by atoms with Crippen LogP contribution in [0.1, 0.15) is 40.5 Å². The van der Waals surface area contributed by atoms with Crippen LogP contribution < -0.4 is 5.32 Å². The van der Waals surface area contributed by atoms with Crippen LogP contribution in [0.25, 0.3) is 0 Å². The Morgan fingerprint density at radius 3 is 2.33 bits per heavy atom. The summed E-state index contributed by atoms with van der Waals surface area (Å²) in [5.74, 6) is 2.70. The van der Waals surface area contributed by atoms with Crippen molar-refractivity contribution in [1.82, 2.24) is 10.2 Å². The van der Waals surface area contributed by atoms with Gasteiger partial charge in [0.25, 0.3) is 0 Å². The summed E-state index contributed by atoms with van der Waals surface area (Å²) in [7, 11) is 0. The molecule has 0 aromatic rings. The summed E-state index contributed by atoms with van der Waals surface area (Å²) >= 11 is 0. The lowest BCUT2D eigenvalue weighted by Crippen LogP contribution is -2.42. The molecule has 1 N–H and O–H groups in total. The summed E-state index contributed by atoms with van der Waals surface area (Å²) in [4.78, 5) is 2.56. The van der Waals surface area contributed by atoms with Gasteiger partial charge in [-0.15, -0.1) is 0 Å². The highest BCUT2D eigenvalue weighted by atomic mass is 15.2. The molecule has 0 radical (unpaired) electrons. The van der Waals surface area contributed by atoms with Gasteiger partial charge in [-0.3, -0.25) is 4.90 Å². The van der Waals surface area contributed by atoms with Gasteiger partial charge >= 0.3 is 0 Å². The summed E-state index contributed by atoms with van der Waals surface area (Å²) in [5.41, 5.74) is 0. The minimum absolute atomic E-state index is 0.650. The quantitative estimate of drug-likeness (QED) is 0.552. The van der Waals surface area contributed by atoms with Crippen molar-refractivity contribution in [2.45, 2.75) is 52.6 Å². The molecule has 0 aromatic carbocycles. The third-order valence-corrected chi connectivity index (χ3v) is 4.70. The molecular weight excluding hydrogens is 220 g/mol. The highest BCUT2D eigenvalue weighted by Crippen LogP contribution is 2.42. The molecule has 0 amide bonds. The number of fused-ring (bicyclic) bond motifs is 2. The van der Waals surface area contributed by atoms with Gasteiger partial charge in [-0.05, 0) is 64.8 Å². The van der Waals surface area contributed by atoms with Crippen LogP contribution in [0.2, 0.25) is 0 Å². The van der Waals surface area contributed by atoms with E-state index in [1.54, 1.807) is 0 Å². The summed E-state index contributed by atoms with van der Waals surface area (Å²) in [6.07, 6.45) is 7.73. The monoisotopic (exact) mass is 250 g/mol. The van der Waals surface area contributed by atoms with E-state index in [-0.39, 0.29) is 0 Å². The fourth-order valence-corrected chi connectivity index (χ4v) is 3.74. The number of nitrogens with zero attached hydrogens (tertiary/aromatic N) is 1. The van der Waals surface area contributed by atoms with Crippen molar-refractivity contribution in [2.75, 3.05) is 19.6 Å². The van der Waals surface area contributed by atoms with Crippen molar-refractivity contribution < 1.29 is 0 Å². The first-order valence-electron chi connectivity index (χ1n) is 7.72. The number of hydrogen-bond acceptors (Lipinski definition) is 2. The van der Waals surface area contributed by atoms with Crippen LogP contribution in [-0.2, 0) is 0 Å². The second kappa shape index (κ2) is 6.21. The van der Waals surface area contributed by atoms with Gasteiger partial charge in [0.2, 0.25) is 0 Å². The molecule has 0 saturated heterocycles. The van der Waals surface area contributed by atoms with Crippen LogP contribution >= 0.6 is 0 Å². The van der Waals surface area contributed by atoms with Crippen LogP contribution in [0.4, 0.5) is 0 Å². The number of nitrogens with one attached hydrogen (secondary N) is 1. The molecular formula is C16H30N2. The Labute approximate surface area is 113 Å². The molecule has 0 aromatic heterocycles. The average Bonchev–Trinajstić information content (AvgIpc) is 2.89. The summed E-state index contributed by atoms with van der Waals surface area (Å²) in [6, 6.07) is 1.30. The number of allylic oxidation sites excluding steroid dienone is 2. The summed E-state index contributed by atoms with van der Waals surface area (Å²) in [5, 5.41) is 3.68. The molecule has 3 atom stereocenters. The molecule has 0 spiro atoms. The van der Waals surface area contributed by atoms with Crippen LogP contribution in [0.3, 0.4) is 0 Å². The van der Waals surface area contributed by atoms with Crippen LogP contribution in [0.15, 0.2) is 12.2 Å². The second-order valence-corrected chi connectivity index (χ2v) is 6.67. The maximum Gasteiger partial charge on any atom is 0.0112 e. The molecule has 2 aliphatic carbocycles. The Hall–Kier alpha value is -0.340. The average molecular weight is 250 g/mol. The van der Waals surface area contributed by atoms with E-state index in [0.717, 1.165) is 24.3 Å². The minimum Gasteiger partial charge on any atom is -0.315 e. The van der Waals surface area contributed by atoms with Crippen molar-refractivity contribution in [3.63, 3.8) is 0 Å². The molecule has 2 nitrogen and oxygen atoms in total. The SMILES string of the molecule is CC(C)N(CCNCC1CC2C=CC1C2)C(C)C. The van der Waals surface area contributed by atoms with Crippen molar-refractivity contribution in [3.8, 4) is 0 Å². The van der Waals surface area contributed by atoms with Gasteiger partial charge in [-0.1, -0.05) is 12.2 Å². The van der Waals surface area contributed by atoms with Crippen molar-refractivity contribution in [3.05, 3.63) is 12.2 Å². The molecule has 0 aliphatic heterocycles.